The number of nitrogens with one attached hydrogen (secondary N) is 1. The van der Waals surface area contributed by atoms with Crippen molar-refractivity contribution in [3.63, 3.8) is 0 Å². The zero-order chi connectivity index (χ0) is 12.1. The van der Waals surface area contributed by atoms with E-state index in [-0.39, 0.29) is 6.04 Å². The van der Waals surface area contributed by atoms with Gasteiger partial charge >= 0.3 is 0 Å². The summed E-state index contributed by atoms with van der Waals surface area (Å²) in [4.78, 5) is 4.14. The van der Waals surface area contributed by atoms with Gasteiger partial charge in [-0.1, -0.05) is 6.07 Å². The van der Waals surface area contributed by atoms with Crippen LogP contribution in [0, 0.1) is 0 Å². The second kappa shape index (κ2) is 5.47. The first-order chi connectivity index (χ1) is 8.33. The zero-order valence-electron chi connectivity index (χ0n) is 9.59. The lowest BCUT2D eigenvalue weighted by molar-refractivity contribution is 0.396. The number of rotatable bonds is 5. The van der Waals surface area contributed by atoms with E-state index in [1.807, 2.05) is 24.3 Å². The molecule has 0 bridgehead atoms. The van der Waals surface area contributed by atoms with E-state index in [9.17, 15) is 0 Å². The van der Waals surface area contributed by atoms with Crippen molar-refractivity contribution in [3.8, 4) is 5.88 Å². The Labute approximate surface area is 99.6 Å². The van der Waals surface area contributed by atoms with E-state index in [2.05, 4.69) is 10.4 Å². The molecule has 0 radical (unpaired) electrons. The number of pyridine rings is 1. The highest BCUT2D eigenvalue weighted by Crippen LogP contribution is 2.18. The summed E-state index contributed by atoms with van der Waals surface area (Å²) in [5.74, 6) is 6.92. The molecule has 0 aliphatic rings. The highest BCUT2D eigenvalue weighted by molar-refractivity contribution is 5.20. The highest BCUT2D eigenvalue weighted by atomic mass is 16.5. The number of hydrogen-bond donors (Lipinski definition) is 2. The van der Waals surface area contributed by atoms with Crippen molar-refractivity contribution in [1.29, 1.82) is 0 Å². The van der Waals surface area contributed by atoms with Gasteiger partial charge in [0.25, 0.3) is 0 Å². The molecule has 1 atom stereocenters. The minimum Gasteiger partial charge on any atom is -0.481 e. The highest BCUT2D eigenvalue weighted by Gasteiger charge is 2.13. The van der Waals surface area contributed by atoms with Crippen LogP contribution in [0.5, 0.6) is 5.88 Å². The summed E-state index contributed by atoms with van der Waals surface area (Å²) >= 11 is 0. The quantitative estimate of drug-likeness (QED) is 0.603. The summed E-state index contributed by atoms with van der Waals surface area (Å²) in [5.41, 5.74) is 3.79. The van der Waals surface area contributed by atoms with E-state index in [0.717, 1.165) is 11.3 Å². The van der Waals surface area contributed by atoms with Crippen LogP contribution in [-0.4, -0.2) is 12.1 Å². The Kier molecular flexibility index (Phi) is 3.74. The lowest BCUT2D eigenvalue weighted by Crippen LogP contribution is -2.29. The number of hydrazine groups is 1. The lowest BCUT2D eigenvalue weighted by Gasteiger charge is -2.13. The Bertz CT molecular complexity index is 439. The molecule has 0 saturated heterocycles. The number of methoxy groups -OCH3 is 1. The Morgan fingerprint density at radius 2 is 2.35 bits per heavy atom. The molecule has 17 heavy (non-hydrogen) atoms. The van der Waals surface area contributed by atoms with E-state index >= 15 is 0 Å². The molecule has 0 aliphatic heterocycles. The van der Waals surface area contributed by atoms with Crippen LogP contribution in [-0.2, 0) is 6.42 Å². The molecule has 0 aliphatic carbocycles. The van der Waals surface area contributed by atoms with Crippen molar-refractivity contribution < 1.29 is 9.15 Å². The van der Waals surface area contributed by atoms with Crippen molar-refractivity contribution in [2.45, 2.75) is 12.5 Å². The Morgan fingerprint density at radius 3 is 2.88 bits per heavy atom. The number of aromatic nitrogens is 1. The molecule has 2 aromatic rings. The van der Waals surface area contributed by atoms with Gasteiger partial charge in [-0.05, 0) is 24.1 Å². The summed E-state index contributed by atoms with van der Waals surface area (Å²) < 4.78 is 10.3. The van der Waals surface area contributed by atoms with E-state index in [4.69, 9.17) is 15.0 Å². The van der Waals surface area contributed by atoms with Gasteiger partial charge < -0.3 is 9.15 Å². The number of hydrogen-bond acceptors (Lipinski definition) is 5. The minimum absolute atomic E-state index is 0.0554. The van der Waals surface area contributed by atoms with Crippen molar-refractivity contribution in [1.82, 2.24) is 10.4 Å². The van der Waals surface area contributed by atoms with Crippen LogP contribution >= 0.6 is 0 Å². The SMILES string of the molecule is COc1ccc(CC(NN)c2ccco2)cn1. The van der Waals surface area contributed by atoms with Crippen molar-refractivity contribution in [3.05, 3.63) is 48.0 Å². The van der Waals surface area contributed by atoms with E-state index in [1.54, 1.807) is 19.6 Å². The number of nitrogens with two attached hydrogens (primary N) is 1. The largest absolute Gasteiger partial charge is 0.481 e. The van der Waals surface area contributed by atoms with Crippen molar-refractivity contribution in [2.24, 2.45) is 5.84 Å². The smallest absolute Gasteiger partial charge is 0.212 e. The molecular weight excluding hydrogens is 218 g/mol. The summed E-state index contributed by atoms with van der Waals surface area (Å²) in [6.45, 7) is 0. The first-order valence-electron chi connectivity index (χ1n) is 5.32. The van der Waals surface area contributed by atoms with Gasteiger partial charge in [-0.15, -0.1) is 0 Å². The van der Waals surface area contributed by atoms with Crippen LogP contribution in [0.3, 0.4) is 0 Å². The van der Waals surface area contributed by atoms with Gasteiger partial charge in [0.2, 0.25) is 5.88 Å². The minimum atomic E-state index is -0.0554. The molecule has 90 valence electrons. The Balaban J connectivity index is 2.07. The molecule has 0 spiro atoms. The zero-order valence-corrected chi connectivity index (χ0v) is 9.59. The molecule has 2 aromatic heterocycles. The van der Waals surface area contributed by atoms with Gasteiger partial charge in [0.15, 0.2) is 0 Å². The molecule has 5 heteroatoms. The van der Waals surface area contributed by atoms with Gasteiger partial charge in [-0.3, -0.25) is 5.84 Å². The monoisotopic (exact) mass is 233 g/mol. The van der Waals surface area contributed by atoms with Gasteiger partial charge in [-0.25, -0.2) is 10.4 Å². The molecule has 3 N–H and O–H groups in total. The summed E-state index contributed by atoms with van der Waals surface area (Å²) in [6.07, 6.45) is 4.11. The summed E-state index contributed by atoms with van der Waals surface area (Å²) in [7, 11) is 1.59. The average molecular weight is 233 g/mol. The summed E-state index contributed by atoms with van der Waals surface area (Å²) in [6, 6.07) is 7.46. The predicted octanol–water partition coefficient (Wildman–Crippen LogP) is 1.43. The average Bonchev–Trinajstić information content (AvgIpc) is 2.90. The molecule has 0 amide bonds. The molecule has 0 fully saturated rings. The number of nitrogens with zero attached hydrogens (tertiary/aromatic N) is 1. The Hall–Kier alpha value is -1.85. The van der Waals surface area contributed by atoms with Crippen LogP contribution < -0.4 is 16.0 Å². The molecule has 1 unspecified atom stereocenters. The molecule has 2 heterocycles. The van der Waals surface area contributed by atoms with Gasteiger partial charge in [0, 0.05) is 12.3 Å². The Morgan fingerprint density at radius 1 is 1.47 bits per heavy atom. The summed E-state index contributed by atoms with van der Waals surface area (Å²) in [5, 5.41) is 0. The van der Waals surface area contributed by atoms with Crippen molar-refractivity contribution >= 4 is 0 Å². The normalized spacial score (nSPS) is 12.4. The lowest BCUT2D eigenvalue weighted by atomic mass is 10.1. The van der Waals surface area contributed by atoms with Gasteiger partial charge in [0.05, 0.1) is 19.4 Å². The maximum atomic E-state index is 5.51. The third-order valence-electron chi connectivity index (χ3n) is 2.53. The fourth-order valence-corrected chi connectivity index (χ4v) is 1.62. The fraction of sp³-hybridized carbons (Fsp3) is 0.250. The van der Waals surface area contributed by atoms with Crippen molar-refractivity contribution in [2.75, 3.05) is 7.11 Å². The van der Waals surface area contributed by atoms with Crippen LogP contribution in [0.2, 0.25) is 0 Å². The fourth-order valence-electron chi connectivity index (χ4n) is 1.62. The molecule has 0 aromatic carbocycles. The second-order valence-corrected chi connectivity index (χ2v) is 3.65. The number of furan rings is 1. The second-order valence-electron chi connectivity index (χ2n) is 3.65. The third kappa shape index (κ3) is 2.83. The van der Waals surface area contributed by atoms with Crippen LogP contribution in [0.1, 0.15) is 17.4 Å². The van der Waals surface area contributed by atoms with Crippen LogP contribution in [0.15, 0.2) is 41.1 Å². The molecule has 5 nitrogen and oxygen atoms in total. The maximum Gasteiger partial charge on any atom is 0.212 e. The van der Waals surface area contributed by atoms with E-state index in [1.165, 1.54) is 0 Å². The standard InChI is InChI=1S/C12H15N3O2/c1-16-12-5-4-9(8-14-12)7-10(15-13)11-3-2-6-17-11/h2-6,8,10,15H,7,13H2,1H3. The topological polar surface area (TPSA) is 73.3 Å². The van der Waals surface area contributed by atoms with E-state index < -0.39 is 0 Å². The maximum absolute atomic E-state index is 5.51. The first kappa shape index (κ1) is 11.6. The molecule has 0 saturated carbocycles. The molecular formula is C12H15N3O2. The van der Waals surface area contributed by atoms with Gasteiger partial charge in [-0.2, -0.15) is 0 Å². The van der Waals surface area contributed by atoms with Gasteiger partial charge in [0.1, 0.15) is 5.76 Å². The van der Waals surface area contributed by atoms with E-state index in [0.29, 0.717) is 12.3 Å². The molecule has 2 rings (SSSR count). The third-order valence-corrected chi connectivity index (χ3v) is 2.53. The predicted molar refractivity (Wildman–Crippen MR) is 63.3 cm³/mol. The number of ether oxygens (including phenoxy) is 1. The van der Waals surface area contributed by atoms with Crippen LogP contribution in [0.4, 0.5) is 0 Å². The van der Waals surface area contributed by atoms with Crippen LogP contribution in [0.25, 0.3) is 0 Å². The first-order valence-corrected chi connectivity index (χ1v) is 5.32.